The van der Waals surface area contributed by atoms with E-state index in [0.717, 1.165) is 11.3 Å². The highest BCUT2D eigenvalue weighted by Crippen LogP contribution is 2.47. The Kier molecular flexibility index (Phi) is 7.86. The van der Waals surface area contributed by atoms with Crippen LogP contribution in [0.2, 0.25) is 0 Å². The van der Waals surface area contributed by atoms with E-state index in [1.54, 1.807) is 40.2 Å². The number of aliphatic imine (C=N–C) groups is 1. The minimum absolute atomic E-state index is 0.00262. The van der Waals surface area contributed by atoms with E-state index in [2.05, 4.69) is 0 Å². The smallest absolute Gasteiger partial charge is 0.336 e. The molecule has 0 amide bonds. The zero-order valence-electron chi connectivity index (χ0n) is 21.9. The van der Waals surface area contributed by atoms with Gasteiger partial charge in [0.15, 0.2) is 23.0 Å². The van der Waals surface area contributed by atoms with Crippen LogP contribution in [0.15, 0.2) is 52.7 Å². The Bertz CT molecular complexity index is 1260. The maximum Gasteiger partial charge on any atom is 0.336 e. The van der Waals surface area contributed by atoms with Crippen LogP contribution < -0.4 is 14.2 Å². The third-order valence-electron chi connectivity index (χ3n) is 6.97. The van der Waals surface area contributed by atoms with E-state index < -0.39 is 17.8 Å². The van der Waals surface area contributed by atoms with Crippen molar-refractivity contribution in [2.24, 2.45) is 10.9 Å². The number of nitrogens with zero attached hydrogens (tertiary/aromatic N) is 1. The fourth-order valence-corrected chi connectivity index (χ4v) is 5.35. The van der Waals surface area contributed by atoms with Gasteiger partial charge in [-0.05, 0) is 68.5 Å². The molecular weight excluding hydrogens is 474 g/mol. The number of fused-ring (bicyclic) bond motifs is 1. The third-order valence-corrected chi connectivity index (χ3v) is 6.97. The van der Waals surface area contributed by atoms with Gasteiger partial charge >= 0.3 is 5.97 Å². The van der Waals surface area contributed by atoms with E-state index in [4.69, 9.17) is 23.9 Å². The predicted molar refractivity (Wildman–Crippen MR) is 139 cm³/mol. The average Bonchev–Trinajstić information content (AvgIpc) is 2.88. The summed E-state index contributed by atoms with van der Waals surface area (Å²) in [6, 6.07) is 10.6. The van der Waals surface area contributed by atoms with Gasteiger partial charge in [-0.1, -0.05) is 12.1 Å². The monoisotopic (exact) mass is 507 g/mol. The Morgan fingerprint density at radius 1 is 0.946 bits per heavy atom. The molecule has 1 saturated carbocycles. The van der Waals surface area contributed by atoms with Crippen molar-refractivity contribution in [1.82, 2.24) is 0 Å². The number of carbonyl (C=O) groups excluding carboxylic acids is 2. The van der Waals surface area contributed by atoms with Gasteiger partial charge in [-0.25, -0.2) is 4.79 Å². The van der Waals surface area contributed by atoms with E-state index in [0.29, 0.717) is 53.5 Å². The van der Waals surface area contributed by atoms with Crippen molar-refractivity contribution in [2.45, 2.75) is 45.4 Å². The van der Waals surface area contributed by atoms with Crippen LogP contribution in [0.1, 0.15) is 56.6 Å². The number of rotatable bonds is 8. The molecule has 37 heavy (non-hydrogen) atoms. The summed E-state index contributed by atoms with van der Waals surface area (Å²) >= 11 is 0. The molecule has 1 fully saturated rings. The van der Waals surface area contributed by atoms with Gasteiger partial charge in [0, 0.05) is 23.7 Å². The Labute approximate surface area is 216 Å². The van der Waals surface area contributed by atoms with Crippen molar-refractivity contribution in [3.05, 3.63) is 58.8 Å². The number of esters is 1. The molecule has 1 aliphatic carbocycles. The van der Waals surface area contributed by atoms with Crippen molar-refractivity contribution in [2.75, 3.05) is 27.4 Å². The second-order valence-electron chi connectivity index (χ2n) is 9.12. The normalized spacial score (nSPS) is 21.2. The van der Waals surface area contributed by atoms with Gasteiger partial charge in [0.1, 0.15) is 5.78 Å². The minimum atomic E-state index is -0.612. The van der Waals surface area contributed by atoms with Crippen molar-refractivity contribution in [3.8, 4) is 23.0 Å². The summed E-state index contributed by atoms with van der Waals surface area (Å²) in [5, 5.41) is 10.3. The Hall–Kier alpha value is -3.81. The topological polar surface area (TPSA) is 104 Å². The molecule has 1 N–H and O–H groups in total. The first-order valence-corrected chi connectivity index (χ1v) is 12.5. The molecule has 0 radical (unpaired) electrons. The van der Waals surface area contributed by atoms with E-state index >= 15 is 0 Å². The van der Waals surface area contributed by atoms with Crippen LogP contribution in [0.4, 0.5) is 0 Å². The molecular formula is C29H33NO7. The molecule has 0 aromatic heterocycles. The van der Waals surface area contributed by atoms with Crippen molar-refractivity contribution in [1.29, 1.82) is 0 Å². The molecule has 2 aliphatic rings. The van der Waals surface area contributed by atoms with Crippen LogP contribution in [0, 0.1) is 5.92 Å². The molecule has 0 saturated heterocycles. The zero-order chi connectivity index (χ0) is 26.7. The number of phenols is 1. The Morgan fingerprint density at radius 3 is 2.32 bits per heavy atom. The van der Waals surface area contributed by atoms with E-state index in [9.17, 15) is 14.7 Å². The lowest BCUT2D eigenvalue weighted by Crippen LogP contribution is -2.41. The lowest BCUT2D eigenvalue weighted by molar-refractivity contribution is -0.139. The van der Waals surface area contributed by atoms with Crippen LogP contribution in [-0.4, -0.2) is 50.0 Å². The summed E-state index contributed by atoms with van der Waals surface area (Å²) in [5.41, 5.74) is 3.28. The van der Waals surface area contributed by atoms with Crippen LogP contribution in [0.5, 0.6) is 23.0 Å². The largest absolute Gasteiger partial charge is 0.504 e. The maximum absolute atomic E-state index is 13.8. The van der Waals surface area contributed by atoms with Gasteiger partial charge in [0.05, 0.1) is 38.9 Å². The molecule has 0 spiro atoms. The van der Waals surface area contributed by atoms with Gasteiger partial charge in [-0.2, -0.15) is 0 Å². The first kappa shape index (κ1) is 26.3. The fraction of sp³-hybridized carbons (Fsp3) is 0.414. The highest BCUT2D eigenvalue weighted by Gasteiger charge is 2.46. The number of hydrogen-bond acceptors (Lipinski definition) is 8. The summed E-state index contributed by atoms with van der Waals surface area (Å²) < 4.78 is 21.8. The van der Waals surface area contributed by atoms with Gasteiger partial charge in [-0.15, -0.1) is 0 Å². The Morgan fingerprint density at radius 2 is 1.65 bits per heavy atom. The quantitative estimate of drug-likeness (QED) is 0.505. The molecule has 8 nitrogen and oxygen atoms in total. The summed E-state index contributed by atoms with van der Waals surface area (Å²) in [7, 11) is 3.17. The highest BCUT2D eigenvalue weighted by atomic mass is 16.5. The zero-order valence-corrected chi connectivity index (χ0v) is 21.9. The van der Waals surface area contributed by atoms with Crippen molar-refractivity contribution in [3.63, 3.8) is 0 Å². The van der Waals surface area contributed by atoms with Crippen LogP contribution in [0.3, 0.4) is 0 Å². The van der Waals surface area contributed by atoms with Gasteiger partial charge in [0.25, 0.3) is 0 Å². The number of phenolic OH excluding ortho intramolecular Hbond substituents is 1. The average molecular weight is 508 g/mol. The SMILES string of the molecule is CCOC(=O)C1=C(C)N=C2C[C@H](c3ccc(OC)c(OC)c3)CC(=O)C2[C@H]1c1ccc(O)c(OCC)c1. The first-order valence-electron chi connectivity index (χ1n) is 12.5. The third kappa shape index (κ3) is 5.05. The summed E-state index contributed by atoms with van der Waals surface area (Å²) in [6.07, 6.45) is 0.855. The van der Waals surface area contributed by atoms with E-state index in [1.165, 1.54) is 6.07 Å². The first-order chi connectivity index (χ1) is 17.8. The fourth-order valence-electron chi connectivity index (χ4n) is 5.35. The maximum atomic E-state index is 13.8. The highest BCUT2D eigenvalue weighted by molar-refractivity contribution is 6.12. The lowest BCUT2D eigenvalue weighted by Gasteiger charge is -2.38. The lowest BCUT2D eigenvalue weighted by atomic mass is 9.66. The number of benzene rings is 2. The number of carbonyl (C=O) groups is 2. The van der Waals surface area contributed by atoms with Crippen LogP contribution >= 0.6 is 0 Å². The Balaban J connectivity index is 1.78. The second-order valence-corrected chi connectivity index (χ2v) is 9.12. The summed E-state index contributed by atoms with van der Waals surface area (Å²) in [4.78, 5) is 31.7. The summed E-state index contributed by atoms with van der Waals surface area (Å²) in [5.74, 6) is -0.261. The van der Waals surface area contributed by atoms with Crippen LogP contribution in [-0.2, 0) is 14.3 Å². The number of ether oxygens (including phenoxy) is 4. The number of hydrogen-bond donors (Lipinski definition) is 1. The molecule has 4 rings (SSSR count). The van der Waals surface area contributed by atoms with Gasteiger partial charge < -0.3 is 24.1 Å². The van der Waals surface area contributed by atoms with Gasteiger partial charge in [-0.3, -0.25) is 9.79 Å². The molecule has 0 bridgehead atoms. The van der Waals surface area contributed by atoms with E-state index in [-0.39, 0.29) is 24.1 Å². The number of ketones is 1. The van der Waals surface area contributed by atoms with E-state index in [1.807, 2.05) is 25.1 Å². The molecule has 3 atom stereocenters. The van der Waals surface area contributed by atoms with Gasteiger partial charge in [0.2, 0.25) is 0 Å². The standard InChI is InChI=1S/C29H33NO7/c1-6-36-24-15-18(8-10-21(24)31)27-26(29(33)37-7-2)16(3)30-20-12-19(13-22(32)28(20)27)17-9-11-23(34-4)25(14-17)35-5/h8-11,14-15,19,27-28,31H,6-7,12-13H2,1-5H3/t19-,27-,28?/m0/s1. The van der Waals surface area contributed by atoms with Crippen molar-refractivity contribution >= 4 is 17.5 Å². The number of methoxy groups -OCH3 is 2. The molecule has 1 aliphatic heterocycles. The molecule has 196 valence electrons. The van der Waals surface area contributed by atoms with Crippen LogP contribution in [0.25, 0.3) is 0 Å². The molecule has 1 unspecified atom stereocenters. The van der Waals surface area contributed by atoms with Crippen molar-refractivity contribution < 1.29 is 33.6 Å². The number of Topliss-reactive ketones (excluding diaryl/α,β-unsaturated/α-hetero) is 1. The minimum Gasteiger partial charge on any atom is -0.504 e. The molecule has 1 heterocycles. The summed E-state index contributed by atoms with van der Waals surface area (Å²) in [6.45, 7) is 5.91. The predicted octanol–water partition coefficient (Wildman–Crippen LogP) is 4.95. The number of aromatic hydroxyl groups is 1. The molecule has 8 heteroatoms. The molecule has 2 aromatic rings. The second kappa shape index (κ2) is 11.1. The molecule has 2 aromatic carbocycles. The number of allylic oxidation sites excluding steroid dienone is 1.